The quantitative estimate of drug-likeness (QED) is 0.805. The van der Waals surface area contributed by atoms with Crippen LogP contribution < -0.4 is 0 Å². The summed E-state index contributed by atoms with van der Waals surface area (Å²) < 4.78 is 0.0881. The predicted octanol–water partition coefficient (Wildman–Crippen LogP) is 3.29. The molecule has 84 valence electrons. The lowest BCUT2D eigenvalue weighted by atomic mass is 10.1. The first-order chi connectivity index (χ1) is 7.03. The second-order valence-corrected chi connectivity index (χ2v) is 6.93. The smallest absolute Gasteiger partial charge is 0.107 e. The van der Waals surface area contributed by atoms with E-state index in [4.69, 9.17) is 5.11 Å². The standard InChI is InChI=1S/C11H17NOS2/c1-9-4-6-12-10(8-9)14-15-11(2,3)5-7-13/h4,6,8,13H,5,7H2,1-3H3. The number of nitrogens with zero attached hydrogens (tertiary/aromatic N) is 1. The van der Waals surface area contributed by atoms with Crippen molar-refractivity contribution in [2.75, 3.05) is 6.61 Å². The van der Waals surface area contributed by atoms with Crippen LogP contribution in [0, 0.1) is 6.92 Å². The van der Waals surface area contributed by atoms with Crippen LogP contribution in [0.4, 0.5) is 0 Å². The first-order valence-corrected chi connectivity index (χ1v) is 7.08. The van der Waals surface area contributed by atoms with Gasteiger partial charge in [0, 0.05) is 17.6 Å². The van der Waals surface area contributed by atoms with Crippen LogP contribution in [0.1, 0.15) is 25.8 Å². The van der Waals surface area contributed by atoms with Gasteiger partial charge in [-0.15, -0.1) is 0 Å². The average molecular weight is 243 g/mol. The van der Waals surface area contributed by atoms with Gasteiger partial charge in [0.05, 0.1) is 0 Å². The third kappa shape index (κ3) is 4.91. The predicted molar refractivity (Wildman–Crippen MR) is 68.2 cm³/mol. The fraction of sp³-hybridized carbons (Fsp3) is 0.545. The highest BCUT2D eigenvalue weighted by atomic mass is 33.1. The van der Waals surface area contributed by atoms with E-state index < -0.39 is 0 Å². The number of rotatable bonds is 5. The molecule has 2 nitrogen and oxygen atoms in total. The van der Waals surface area contributed by atoms with Gasteiger partial charge in [0.15, 0.2) is 0 Å². The molecule has 0 atom stereocenters. The van der Waals surface area contributed by atoms with Crippen molar-refractivity contribution < 1.29 is 5.11 Å². The zero-order chi connectivity index (χ0) is 11.3. The average Bonchev–Trinajstić information content (AvgIpc) is 2.15. The second kappa shape index (κ2) is 5.77. The van der Waals surface area contributed by atoms with E-state index in [1.165, 1.54) is 5.56 Å². The first kappa shape index (κ1) is 12.9. The largest absolute Gasteiger partial charge is 0.396 e. The summed E-state index contributed by atoms with van der Waals surface area (Å²) in [5.41, 5.74) is 1.23. The van der Waals surface area contributed by atoms with E-state index in [-0.39, 0.29) is 11.4 Å². The Balaban J connectivity index is 2.49. The molecule has 0 fully saturated rings. The number of aliphatic hydroxyl groups is 1. The molecule has 0 saturated carbocycles. The molecule has 0 saturated heterocycles. The summed E-state index contributed by atoms with van der Waals surface area (Å²) in [5.74, 6) is 0. The molecule has 0 aliphatic heterocycles. The zero-order valence-electron chi connectivity index (χ0n) is 9.36. The summed E-state index contributed by atoms with van der Waals surface area (Å²) >= 11 is 0. The highest BCUT2D eigenvalue weighted by Gasteiger charge is 2.18. The number of aryl methyl sites for hydroxylation is 1. The Morgan fingerprint density at radius 1 is 1.47 bits per heavy atom. The van der Waals surface area contributed by atoms with Crippen LogP contribution in [0.3, 0.4) is 0 Å². The number of hydrogen-bond donors (Lipinski definition) is 1. The van der Waals surface area contributed by atoms with Crippen molar-refractivity contribution in [1.82, 2.24) is 4.98 Å². The van der Waals surface area contributed by atoms with Crippen molar-refractivity contribution in [3.63, 3.8) is 0 Å². The lowest BCUT2D eigenvalue weighted by Crippen LogP contribution is -2.14. The molecule has 1 aromatic rings. The summed E-state index contributed by atoms with van der Waals surface area (Å²) in [6, 6.07) is 4.07. The van der Waals surface area contributed by atoms with Gasteiger partial charge >= 0.3 is 0 Å². The van der Waals surface area contributed by atoms with Crippen LogP contribution in [0.25, 0.3) is 0 Å². The van der Waals surface area contributed by atoms with Crippen LogP contribution in [-0.4, -0.2) is 21.4 Å². The molecule has 0 radical (unpaired) electrons. The third-order valence-corrected chi connectivity index (χ3v) is 5.21. The highest BCUT2D eigenvalue weighted by Crippen LogP contribution is 2.41. The monoisotopic (exact) mass is 243 g/mol. The van der Waals surface area contributed by atoms with Crippen LogP contribution >= 0.6 is 21.6 Å². The van der Waals surface area contributed by atoms with Crippen molar-refractivity contribution in [3.8, 4) is 0 Å². The molecule has 0 aliphatic carbocycles. The minimum absolute atomic E-state index is 0.0881. The Morgan fingerprint density at radius 2 is 2.20 bits per heavy atom. The number of aliphatic hydroxyl groups excluding tert-OH is 1. The van der Waals surface area contributed by atoms with E-state index in [1.54, 1.807) is 21.6 Å². The van der Waals surface area contributed by atoms with Crippen LogP contribution in [0.15, 0.2) is 23.4 Å². The lowest BCUT2D eigenvalue weighted by molar-refractivity contribution is 0.275. The van der Waals surface area contributed by atoms with Crippen LogP contribution in [-0.2, 0) is 0 Å². The maximum absolute atomic E-state index is 8.90. The van der Waals surface area contributed by atoms with Gasteiger partial charge in [0.2, 0.25) is 0 Å². The van der Waals surface area contributed by atoms with Crippen LogP contribution in [0.2, 0.25) is 0 Å². The van der Waals surface area contributed by atoms with Gasteiger partial charge in [-0.25, -0.2) is 4.98 Å². The molecule has 4 heteroatoms. The summed E-state index contributed by atoms with van der Waals surface area (Å²) in [5, 5.41) is 9.94. The van der Waals surface area contributed by atoms with Crippen molar-refractivity contribution in [1.29, 1.82) is 0 Å². The molecule has 15 heavy (non-hydrogen) atoms. The zero-order valence-corrected chi connectivity index (χ0v) is 11.0. The first-order valence-electron chi connectivity index (χ1n) is 4.93. The molecule has 0 spiro atoms. The third-order valence-electron chi connectivity index (χ3n) is 1.96. The highest BCUT2D eigenvalue weighted by molar-refractivity contribution is 8.77. The lowest BCUT2D eigenvalue weighted by Gasteiger charge is -2.21. The fourth-order valence-corrected chi connectivity index (χ4v) is 3.30. The normalized spacial score (nSPS) is 11.7. The van der Waals surface area contributed by atoms with Crippen LogP contribution in [0.5, 0.6) is 0 Å². The van der Waals surface area contributed by atoms with Gasteiger partial charge in [-0.2, -0.15) is 0 Å². The molecule has 1 heterocycles. The van der Waals surface area contributed by atoms with Crippen molar-refractivity contribution in [2.24, 2.45) is 0 Å². The summed E-state index contributed by atoms with van der Waals surface area (Å²) in [6.45, 7) is 6.57. The van der Waals surface area contributed by atoms with E-state index in [0.29, 0.717) is 0 Å². The van der Waals surface area contributed by atoms with Crippen molar-refractivity contribution in [2.45, 2.75) is 37.0 Å². The van der Waals surface area contributed by atoms with Crippen molar-refractivity contribution >= 4 is 21.6 Å². The van der Waals surface area contributed by atoms with Gasteiger partial charge in [-0.05, 0) is 55.7 Å². The maximum Gasteiger partial charge on any atom is 0.107 e. The van der Waals surface area contributed by atoms with E-state index in [0.717, 1.165) is 11.4 Å². The fourth-order valence-electron chi connectivity index (χ4n) is 1.02. The maximum atomic E-state index is 8.90. The summed E-state index contributed by atoms with van der Waals surface area (Å²) in [6.07, 6.45) is 2.63. The van der Waals surface area contributed by atoms with Gasteiger partial charge in [0.25, 0.3) is 0 Å². The Hall–Kier alpha value is -0.190. The molecule has 0 bridgehead atoms. The SMILES string of the molecule is Cc1ccnc(SSC(C)(C)CCO)c1. The van der Waals surface area contributed by atoms with Gasteiger partial charge in [-0.1, -0.05) is 10.8 Å². The second-order valence-electron chi connectivity index (χ2n) is 4.07. The molecule has 0 amide bonds. The van der Waals surface area contributed by atoms with E-state index >= 15 is 0 Å². The molecule has 1 aromatic heterocycles. The topological polar surface area (TPSA) is 33.1 Å². The molecule has 0 unspecified atom stereocenters. The minimum atomic E-state index is 0.0881. The van der Waals surface area contributed by atoms with E-state index in [1.807, 2.05) is 12.3 Å². The summed E-state index contributed by atoms with van der Waals surface area (Å²) in [7, 11) is 3.44. The molecule has 0 aromatic carbocycles. The minimum Gasteiger partial charge on any atom is -0.396 e. The number of aromatic nitrogens is 1. The molecular formula is C11H17NOS2. The van der Waals surface area contributed by atoms with Gasteiger partial charge < -0.3 is 5.11 Å². The van der Waals surface area contributed by atoms with Crippen molar-refractivity contribution in [3.05, 3.63) is 23.9 Å². The molecule has 1 N–H and O–H groups in total. The molecule has 0 aliphatic rings. The van der Waals surface area contributed by atoms with Gasteiger partial charge in [0.1, 0.15) is 5.03 Å². The van der Waals surface area contributed by atoms with E-state index in [2.05, 4.69) is 31.8 Å². The Morgan fingerprint density at radius 3 is 2.80 bits per heavy atom. The van der Waals surface area contributed by atoms with E-state index in [9.17, 15) is 0 Å². The Kier molecular flexibility index (Phi) is 4.96. The molecular weight excluding hydrogens is 226 g/mol. The Bertz CT molecular complexity index is 315. The number of hydrogen-bond acceptors (Lipinski definition) is 4. The van der Waals surface area contributed by atoms with Gasteiger partial charge in [-0.3, -0.25) is 0 Å². The Labute approximate surface area is 99.3 Å². The molecule has 1 rings (SSSR count). The summed E-state index contributed by atoms with van der Waals surface area (Å²) in [4.78, 5) is 4.28. The number of pyridine rings is 1.